The van der Waals surface area contributed by atoms with E-state index in [0.717, 1.165) is 5.56 Å². The largest absolute Gasteiger partial charge is 0.326 e. The molecule has 0 saturated heterocycles. The van der Waals surface area contributed by atoms with E-state index in [0.29, 0.717) is 11.5 Å². The summed E-state index contributed by atoms with van der Waals surface area (Å²) in [5, 5.41) is 0. The first kappa shape index (κ1) is 16.4. The van der Waals surface area contributed by atoms with Crippen LogP contribution in [0, 0.1) is 11.2 Å². The van der Waals surface area contributed by atoms with E-state index in [1.807, 2.05) is 19.1 Å². The summed E-state index contributed by atoms with van der Waals surface area (Å²) in [5.74, 6) is -0.150. The molecule has 0 aromatic heterocycles. The molecule has 1 aromatic carbocycles. The highest BCUT2D eigenvalue weighted by atomic mass is 19.1. The van der Waals surface area contributed by atoms with Crippen LogP contribution in [-0.4, -0.2) is 24.0 Å². The number of nitrogens with zero attached hydrogens (tertiary/aromatic N) is 1. The monoisotopic (exact) mass is 292 g/mol. The summed E-state index contributed by atoms with van der Waals surface area (Å²) in [6.07, 6.45) is 4.79. The van der Waals surface area contributed by atoms with Crippen molar-refractivity contribution in [3.05, 3.63) is 35.6 Å². The molecule has 1 aliphatic rings. The zero-order valence-electron chi connectivity index (χ0n) is 13.8. The minimum Gasteiger partial charge on any atom is -0.326 e. The molecule has 0 radical (unpaired) electrons. The summed E-state index contributed by atoms with van der Waals surface area (Å²) in [4.78, 5) is 2.30. The highest BCUT2D eigenvalue weighted by molar-refractivity contribution is 5.23. The van der Waals surface area contributed by atoms with E-state index in [2.05, 4.69) is 25.8 Å². The summed E-state index contributed by atoms with van der Waals surface area (Å²) in [6.45, 7) is 6.65. The molecule has 21 heavy (non-hydrogen) atoms. The van der Waals surface area contributed by atoms with Crippen molar-refractivity contribution >= 4 is 0 Å². The molecule has 118 valence electrons. The Balaban J connectivity index is 2.18. The maximum Gasteiger partial charge on any atom is 0.128 e. The van der Waals surface area contributed by atoms with Gasteiger partial charge in [0.1, 0.15) is 5.82 Å². The van der Waals surface area contributed by atoms with Gasteiger partial charge in [0, 0.05) is 17.6 Å². The average Bonchev–Trinajstić information content (AvgIpc) is 2.40. The van der Waals surface area contributed by atoms with Gasteiger partial charge in [-0.15, -0.1) is 0 Å². The summed E-state index contributed by atoms with van der Waals surface area (Å²) in [5.41, 5.74) is 7.36. The Morgan fingerprint density at radius 3 is 2.33 bits per heavy atom. The fourth-order valence-corrected chi connectivity index (χ4v) is 3.61. The minimum absolute atomic E-state index is 0.0580. The van der Waals surface area contributed by atoms with Crippen molar-refractivity contribution < 1.29 is 4.39 Å². The van der Waals surface area contributed by atoms with Crippen LogP contribution >= 0.6 is 0 Å². The van der Waals surface area contributed by atoms with Crippen LogP contribution < -0.4 is 5.73 Å². The summed E-state index contributed by atoms with van der Waals surface area (Å²) in [6, 6.07) is 7.37. The average molecular weight is 292 g/mol. The molecule has 2 atom stereocenters. The van der Waals surface area contributed by atoms with Gasteiger partial charge in [0.2, 0.25) is 0 Å². The molecule has 1 fully saturated rings. The molecule has 3 heteroatoms. The quantitative estimate of drug-likeness (QED) is 0.904. The zero-order valence-corrected chi connectivity index (χ0v) is 13.8. The molecule has 0 heterocycles. The number of nitrogens with two attached hydrogens (primary N) is 1. The maximum absolute atomic E-state index is 14.2. The van der Waals surface area contributed by atoms with Crippen molar-refractivity contribution in [3.63, 3.8) is 0 Å². The van der Waals surface area contributed by atoms with Crippen molar-refractivity contribution in [2.45, 2.75) is 64.6 Å². The molecular weight excluding hydrogens is 263 g/mol. The Morgan fingerprint density at radius 2 is 1.81 bits per heavy atom. The minimum atomic E-state index is -0.150. The molecule has 2 rings (SSSR count). The van der Waals surface area contributed by atoms with Crippen LogP contribution in [0.5, 0.6) is 0 Å². The molecular formula is C18H29FN2. The van der Waals surface area contributed by atoms with Crippen LogP contribution in [0.1, 0.15) is 58.1 Å². The first-order valence-corrected chi connectivity index (χ1v) is 8.04. The number of benzene rings is 1. The number of hydrogen-bond acceptors (Lipinski definition) is 2. The third-order valence-corrected chi connectivity index (χ3v) is 5.05. The van der Waals surface area contributed by atoms with E-state index >= 15 is 0 Å². The standard InChI is InChI=1S/C18H29FN2/c1-13(20)17(15-7-5-6-8-16(15)19)21(4)14-9-11-18(2,3)12-10-14/h5-8,13-14,17H,9-12,20H2,1-4H3. The number of rotatable bonds is 4. The third kappa shape index (κ3) is 3.83. The number of likely N-dealkylation sites (N-methyl/N-ethyl adjacent to an activating group) is 1. The van der Waals surface area contributed by atoms with Crippen LogP contribution in [-0.2, 0) is 0 Å². The molecule has 2 N–H and O–H groups in total. The molecule has 0 spiro atoms. The Morgan fingerprint density at radius 1 is 1.24 bits per heavy atom. The van der Waals surface area contributed by atoms with E-state index in [1.165, 1.54) is 31.7 Å². The topological polar surface area (TPSA) is 29.3 Å². The van der Waals surface area contributed by atoms with Gasteiger partial charge >= 0.3 is 0 Å². The van der Waals surface area contributed by atoms with Crippen LogP contribution in [0.15, 0.2) is 24.3 Å². The van der Waals surface area contributed by atoms with Gasteiger partial charge in [-0.1, -0.05) is 32.0 Å². The van der Waals surface area contributed by atoms with E-state index in [-0.39, 0.29) is 17.9 Å². The lowest BCUT2D eigenvalue weighted by molar-refractivity contribution is 0.0841. The van der Waals surface area contributed by atoms with Gasteiger partial charge in [-0.25, -0.2) is 4.39 Å². The highest BCUT2D eigenvalue weighted by Crippen LogP contribution is 2.39. The Kier molecular flexibility index (Phi) is 5.05. The zero-order chi connectivity index (χ0) is 15.6. The van der Waals surface area contributed by atoms with Gasteiger partial charge in [0.15, 0.2) is 0 Å². The van der Waals surface area contributed by atoms with E-state index < -0.39 is 0 Å². The number of halogens is 1. The van der Waals surface area contributed by atoms with Gasteiger partial charge < -0.3 is 5.73 Å². The van der Waals surface area contributed by atoms with Crippen LogP contribution in [0.25, 0.3) is 0 Å². The molecule has 0 aliphatic heterocycles. The second-order valence-electron chi connectivity index (χ2n) is 7.39. The molecule has 1 saturated carbocycles. The smallest absolute Gasteiger partial charge is 0.128 e. The summed E-state index contributed by atoms with van der Waals surface area (Å²) >= 11 is 0. The lowest BCUT2D eigenvalue weighted by Gasteiger charge is -2.43. The molecule has 2 unspecified atom stereocenters. The second kappa shape index (κ2) is 6.45. The predicted octanol–water partition coefficient (Wildman–Crippen LogP) is 4.11. The van der Waals surface area contributed by atoms with Crippen molar-refractivity contribution in [1.82, 2.24) is 4.90 Å². The summed E-state index contributed by atoms with van der Waals surface area (Å²) in [7, 11) is 2.10. The van der Waals surface area contributed by atoms with E-state index in [4.69, 9.17) is 5.73 Å². The van der Waals surface area contributed by atoms with Gasteiger partial charge in [-0.2, -0.15) is 0 Å². The summed E-state index contributed by atoms with van der Waals surface area (Å²) < 4.78 is 14.2. The SMILES string of the molecule is CC(N)C(c1ccccc1F)N(C)C1CCC(C)(C)CC1. The third-order valence-electron chi connectivity index (χ3n) is 5.05. The van der Waals surface area contributed by atoms with E-state index in [1.54, 1.807) is 6.07 Å². The Bertz CT molecular complexity index is 460. The molecule has 1 aliphatic carbocycles. The Hall–Kier alpha value is -0.930. The second-order valence-corrected chi connectivity index (χ2v) is 7.39. The van der Waals surface area contributed by atoms with Crippen LogP contribution in [0.4, 0.5) is 4.39 Å². The predicted molar refractivity (Wildman–Crippen MR) is 86.6 cm³/mol. The molecule has 0 bridgehead atoms. The van der Waals surface area contributed by atoms with Gasteiger partial charge in [0.05, 0.1) is 6.04 Å². The van der Waals surface area contributed by atoms with Crippen molar-refractivity contribution in [2.24, 2.45) is 11.1 Å². The highest BCUT2D eigenvalue weighted by Gasteiger charge is 2.33. The van der Waals surface area contributed by atoms with Crippen molar-refractivity contribution in [1.29, 1.82) is 0 Å². The Labute approximate surface area is 128 Å². The van der Waals surface area contributed by atoms with Crippen LogP contribution in [0.2, 0.25) is 0 Å². The normalized spacial score (nSPS) is 22.2. The van der Waals surface area contributed by atoms with Crippen LogP contribution in [0.3, 0.4) is 0 Å². The number of hydrogen-bond donors (Lipinski definition) is 1. The fourth-order valence-electron chi connectivity index (χ4n) is 3.61. The lowest BCUT2D eigenvalue weighted by Crippen LogP contribution is -2.45. The van der Waals surface area contributed by atoms with E-state index in [9.17, 15) is 4.39 Å². The van der Waals surface area contributed by atoms with Gasteiger partial charge in [-0.3, -0.25) is 4.90 Å². The van der Waals surface area contributed by atoms with Gasteiger partial charge in [0.25, 0.3) is 0 Å². The van der Waals surface area contributed by atoms with Gasteiger partial charge in [-0.05, 0) is 51.1 Å². The molecule has 0 amide bonds. The first-order chi connectivity index (χ1) is 9.82. The maximum atomic E-state index is 14.2. The first-order valence-electron chi connectivity index (χ1n) is 8.04. The van der Waals surface area contributed by atoms with Crippen molar-refractivity contribution in [3.8, 4) is 0 Å². The molecule has 2 nitrogen and oxygen atoms in total. The van der Waals surface area contributed by atoms with Crippen molar-refractivity contribution in [2.75, 3.05) is 7.05 Å². The fraction of sp³-hybridized carbons (Fsp3) is 0.667. The molecule has 1 aromatic rings. The lowest BCUT2D eigenvalue weighted by atomic mass is 9.75.